The zero-order valence-corrected chi connectivity index (χ0v) is 44.0. The third-order valence-electron chi connectivity index (χ3n) is 7.34. The zero-order valence-electron chi connectivity index (χ0n) is 40.8. The van der Waals surface area contributed by atoms with Crippen molar-refractivity contribution in [3.63, 3.8) is 0 Å². The number of hydrogen-bond acceptors (Lipinski definition) is 19. The molecule has 0 aliphatic rings. The fraction of sp³-hybridized carbons (Fsp3) is 0.340. The van der Waals surface area contributed by atoms with E-state index in [0.29, 0.717) is 0 Å². The first-order chi connectivity index (χ1) is 31.3. The van der Waals surface area contributed by atoms with E-state index in [-0.39, 0.29) is 0 Å². The fourth-order valence-electron chi connectivity index (χ4n) is 3.82. The second-order valence-corrected chi connectivity index (χ2v) is 18.0. The molecule has 10 aromatic heterocycles. The van der Waals surface area contributed by atoms with Crippen LogP contribution < -0.4 is 0 Å². The van der Waals surface area contributed by atoms with Crippen LogP contribution in [0.2, 0.25) is 0 Å². The molecule has 19 heteroatoms. The molecule has 0 aliphatic heterocycles. The Morgan fingerprint density at radius 2 is 1.15 bits per heavy atom. The van der Waals surface area contributed by atoms with E-state index in [1.807, 2.05) is 106 Å². The summed E-state index contributed by atoms with van der Waals surface area (Å²) < 4.78 is 39.6. The van der Waals surface area contributed by atoms with Crippen LogP contribution in [0, 0.1) is 111 Å². The van der Waals surface area contributed by atoms with Crippen LogP contribution >= 0.6 is 45.9 Å². The van der Waals surface area contributed by atoms with Gasteiger partial charge in [-0.3, -0.25) is 0 Å². The quantitative estimate of drug-likeness (QED) is 0.139. The van der Waals surface area contributed by atoms with Crippen LogP contribution in [0.1, 0.15) is 88.4 Å². The van der Waals surface area contributed by atoms with Crippen molar-refractivity contribution in [1.82, 2.24) is 44.1 Å². The monoisotopic (exact) mass is 977 g/mol. The second-order valence-electron chi connectivity index (χ2n) is 14.2. The summed E-state index contributed by atoms with van der Waals surface area (Å²) in [6.07, 6.45) is 10.0. The summed E-state index contributed by atoms with van der Waals surface area (Å²) in [7, 11) is 0. The minimum absolute atomic E-state index is 0.856. The molecule has 0 fully saturated rings. The van der Waals surface area contributed by atoms with Crippen molar-refractivity contribution in [3.05, 3.63) is 179 Å². The standard InChI is InChI=1S/C6H8S.3C5H7NO.2C5H7NS.3C4H5NO.C4H5NS/c1-5-3-6(2)7-4-5;1-4-3-6-7-5(4)2;2*1-4-3-5(2)7-6-4;1-4-3-6-7-5(4)2;1-4-3-5(2)7-6-4;1-4-2-5-6-3-4;1-4-2-3-6-5-4;1-4-2-3-5-6-4;1-4-2-3-6-5-4/h3-4H,1-2H3;5*3H,1-2H3;4*2-3H,1H3. The predicted octanol–water partition coefficient (Wildman–Crippen LogP) is 14.2. The van der Waals surface area contributed by atoms with Crippen molar-refractivity contribution in [2.75, 3.05) is 0 Å². The molecule has 356 valence electrons. The van der Waals surface area contributed by atoms with Gasteiger partial charge in [0, 0.05) is 61.6 Å². The van der Waals surface area contributed by atoms with Crippen molar-refractivity contribution >= 4 is 45.9 Å². The zero-order chi connectivity index (χ0) is 49.3. The third-order valence-corrected chi connectivity index (χ3v) is 10.6. The van der Waals surface area contributed by atoms with Crippen molar-refractivity contribution in [3.8, 4) is 0 Å². The molecule has 0 spiro atoms. The molecular formula is C47H63N9O6S4. The molecule has 10 heterocycles. The van der Waals surface area contributed by atoms with Crippen molar-refractivity contribution in [2.45, 2.75) is 111 Å². The van der Waals surface area contributed by atoms with E-state index in [1.54, 1.807) is 77.7 Å². The molecule has 10 rings (SSSR count). The maximum absolute atomic E-state index is 4.71. The lowest BCUT2D eigenvalue weighted by Gasteiger charge is -1.77. The van der Waals surface area contributed by atoms with Crippen molar-refractivity contribution in [2.24, 2.45) is 0 Å². The van der Waals surface area contributed by atoms with E-state index in [2.05, 4.69) is 110 Å². The Bertz CT molecular complexity index is 2160. The first-order valence-electron chi connectivity index (χ1n) is 20.3. The number of rotatable bonds is 0. The molecule has 0 N–H and O–H groups in total. The molecule has 0 bridgehead atoms. The van der Waals surface area contributed by atoms with Gasteiger partial charge in [-0.2, -0.15) is 8.75 Å². The van der Waals surface area contributed by atoms with E-state index in [0.717, 1.165) is 62.6 Å². The molecular weight excluding hydrogens is 915 g/mol. The lowest BCUT2D eigenvalue weighted by Crippen LogP contribution is -1.63. The number of nitrogens with zero attached hydrogens (tertiary/aromatic N) is 9. The first kappa shape index (κ1) is 57.9. The van der Waals surface area contributed by atoms with E-state index < -0.39 is 0 Å². The second kappa shape index (κ2) is 34.2. The van der Waals surface area contributed by atoms with Gasteiger partial charge in [0.1, 0.15) is 35.6 Å². The van der Waals surface area contributed by atoms with Gasteiger partial charge in [0.15, 0.2) is 0 Å². The minimum Gasteiger partial charge on any atom is -0.365 e. The highest BCUT2D eigenvalue weighted by Gasteiger charge is 1.92. The summed E-state index contributed by atoms with van der Waals surface area (Å²) >= 11 is 6.40. The van der Waals surface area contributed by atoms with Crippen LogP contribution in [0.4, 0.5) is 0 Å². The molecule has 0 aliphatic carbocycles. The Balaban J connectivity index is 0.000000367. The normalized spacial score (nSPS) is 9.21. The van der Waals surface area contributed by atoms with Crippen LogP contribution in [0.15, 0.2) is 118 Å². The van der Waals surface area contributed by atoms with Gasteiger partial charge in [-0.15, -0.1) is 11.3 Å². The number of hydrogen-bond donors (Lipinski definition) is 0. The summed E-state index contributed by atoms with van der Waals surface area (Å²) in [6, 6.07) is 13.6. The Hall–Kier alpha value is -6.15. The van der Waals surface area contributed by atoms with Crippen molar-refractivity contribution in [1.29, 1.82) is 0 Å². The van der Waals surface area contributed by atoms with Gasteiger partial charge in [0.25, 0.3) is 0 Å². The largest absolute Gasteiger partial charge is 0.365 e. The van der Waals surface area contributed by atoms with E-state index in [4.69, 9.17) is 13.6 Å². The van der Waals surface area contributed by atoms with Crippen LogP contribution in [0.5, 0.6) is 0 Å². The SMILES string of the molecule is Cc1cc(C)on1.Cc1cc(C)on1.Cc1cc(C)sn1.Cc1ccno1.Cc1ccon1.Cc1ccsn1.Cc1cnoc1.Cc1cnoc1C.Cc1cnsc1C.Cc1csc(C)c1. The Morgan fingerprint density at radius 1 is 0.470 bits per heavy atom. The molecule has 0 unspecified atom stereocenters. The maximum atomic E-state index is 4.71. The van der Waals surface area contributed by atoms with Gasteiger partial charge in [-0.1, -0.05) is 30.9 Å². The minimum atomic E-state index is 0.856. The van der Waals surface area contributed by atoms with Crippen LogP contribution in [0.3, 0.4) is 0 Å². The summed E-state index contributed by atoms with van der Waals surface area (Å²) in [5, 5.41) is 25.4. The highest BCUT2D eigenvalue weighted by Crippen LogP contribution is 2.11. The first-order valence-corrected chi connectivity index (χ1v) is 23.5. The number of aryl methyl sites for hydroxylation is 16. The molecule has 15 nitrogen and oxygen atoms in total. The smallest absolute Gasteiger partial charge is 0.136 e. The summed E-state index contributed by atoms with van der Waals surface area (Å²) in [4.78, 5) is 4.01. The molecule has 66 heavy (non-hydrogen) atoms. The van der Waals surface area contributed by atoms with E-state index >= 15 is 0 Å². The Morgan fingerprint density at radius 3 is 1.29 bits per heavy atom. The van der Waals surface area contributed by atoms with Gasteiger partial charge in [-0.05, 0) is 180 Å². The lowest BCUT2D eigenvalue weighted by molar-refractivity contribution is 0.393. The molecule has 0 radical (unpaired) electrons. The third kappa shape index (κ3) is 30.8. The average molecular weight is 978 g/mol. The van der Waals surface area contributed by atoms with Crippen LogP contribution in [-0.4, -0.2) is 44.1 Å². The van der Waals surface area contributed by atoms with Gasteiger partial charge in [-0.25, -0.2) is 4.37 Å². The number of thiophene rings is 1. The lowest BCUT2D eigenvalue weighted by atomic mass is 10.3. The maximum Gasteiger partial charge on any atom is 0.136 e. The van der Waals surface area contributed by atoms with Gasteiger partial charge in [0.2, 0.25) is 0 Å². The molecule has 0 amide bonds. The molecule has 0 saturated heterocycles. The van der Waals surface area contributed by atoms with Gasteiger partial charge in [0.05, 0.1) is 47.1 Å². The Kier molecular flexibility index (Phi) is 30.0. The van der Waals surface area contributed by atoms with Crippen LogP contribution in [-0.2, 0) is 0 Å². The molecule has 0 atom stereocenters. The number of aromatic nitrogens is 9. The Labute approximate surface area is 404 Å². The highest BCUT2D eigenvalue weighted by molar-refractivity contribution is 7.10. The average Bonchev–Trinajstić information content (AvgIpc) is 4.09. The van der Waals surface area contributed by atoms with Gasteiger partial charge >= 0.3 is 0 Å². The van der Waals surface area contributed by atoms with E-state index in [9.17, 15) is 0 Å². The van der Waals surface area contributed by atoms with Gasteiger partial charge < -0.3 is 27.1 Å². The molecule has 0 aromatic carbocycles. The molecule has 0 saturated carbocycles. The fourth-order valence-corrected chi connectivity index (χ4v) is 6.19. The van der Waals surface area contributed by atoms with Crippen LogP contribution in [0.25, 0.3) is 0 Å². The predicted molar refractivity (Wildman–Crippen MR) is 265 cm³/mol. The summed E-state index contributed by atoms with van der Waals surface area (Å²) in [6.45, 7) is 31.5. The topological polar surface area (TPSA) is 195 Å². The molecule has 10 aromatic rings. The summed E-state index contributed by atoms with van der Waals surface area (Å²) in [5.41, 5.74) is 9.90. The van der Waals surface area contributed by atoms with E-state index in [1.165, 1.54) is 37.3 Å². The highest BCUT2D eigenvalue weighted by atomic mass is 32.1. The van der Waals surface area contributed by atoms with Crippen molar-refractivity contribution < 1.29 is 27.1 Å². The summed E-state index contributed by atoms with van der Waals surface area (Å²) in [5.74, 6) is 3.50.